The van der Waals surface area contributed by atoms with Gasteiger partial charge in [0.1, 0.15) is 11.3 Å². The highest BCUT2D eigenvalue weighted by molar-refractivity contribution is 7.92. The molecule has 0 radical (unpaired) electrons. The van der Waals surface area contributed by atoms with Crippen molar-refractivity contribution < 1.29 is 22.9 Å². The fourth-order valence-electron chi connectivity index (χ4n) is 6.13. The summed E-state index contributed by atoms with van der Waals surface area (Å²) < 4.78 is 33.8. The number of nitro benzene ring substituents is 1. The van der Waals surface area contributed by atoms with E-state index in [0.29, 0.717) is 67.4 Å². The van der Waals surface area contributed by atoms with Gasteiger partial charge < -0.3 is 10.1 Å². The molecule has 270 valence electrons. The summed E-state index contributed by atoms with van der Waals surface area (Å²) in [5.74, 6) is 0.804. The van der Waals surface area contributed by atoms with Crippen molar-refractivity contribution in [2.24, 2.45) is 0 Å². The van der Waals surface area contributed by atoms with Crippen molar-refractivity contribution in [2.75, 3.05) is 16.3 Å². The quantitative estimate of drug-likeness (QED) is 0.103. The van der Waals surface area contributed by atoms with Gasteiger partial charge in [0.25, 0.3) is 5.69 Å². The molecule has 0 spiro atoms. The Hall–Kier alpha value is -6.14. The standard InChI is InChI=1S/C39H33N5O6S.C2H6/c1-5-39(2,3)23-14-20-26(21-15-23)50-32-22-31(40-24-16-18-25(19-17-24)44(46)47)33-34-35(27-10-6-7-11-28(27)37(33)45)41-38(42-36(32)34)29-12-8-9-13-30(29)43-51(4,48)49;1-2/h6-22,40,43H,5H2,1-4H3;1-2H3. The number of ketones is 1. The van der Waals surface area contributed by atoms with Gasteiger partial charge in [0.2, 0.25) is 10.0 Å². The van der Waals surface area contributed by atoms with Gasteiger partial charge in [-0.2, -0.15) is 0 Å². The Kier molecular flexibility index (Phi) is 10.0. The molecular weight excluding hydrogens is 691 g/mol. The maximum absolute atomic E-state index is 14.3. The van der Waals surface area contributed by atoms with E-state index in [2.05, 4.69) is 30.8 Å². The van der Waals surface area contributed by atoms with E-state index in [-0.39, 0.29) is 22.7 Å². The van der Waals surface area contributed by atoms with Crippen LogP contribution in [0.25, 0.3) is 33.5 Å². The minimum Gasteiger partial charge on any atom is -0.455 e. The second-order valence-electron chi connectivity index (χ2n) is 13.0. The van der Waals surface area contributed by atoms with Crippen LogP contribution in [-0.4, -0.2) is 35.3 Å². The molecule has 1 aliphatic rings. The van der Waals surface area contributed by atoms with E-state index in [9.17, 15) is 23.3 Å². The summed E-state index contributed by atoms with van der Waals surface area (Å²) in [6.07, 6.45) is 2.02. The molecule has 0 unspecified atom stereocenters. The smallest absolute Gasteiger partial charge is 0.269 e. The molecule has 1 aliphatic carbocycles. The van der Waals surface area contributed by atoms with Crippen LogP contribution in [0.15, 0.2) is 103 Å². The van der Waals surface area contributed by atoms with Crippen LogP contribution in [0, 0.1) is 10.1 Å². The van der Waals surface area contributed by atoms with E-state index in [1.807, 2.05) is 50.2 Å². The van der Waals surface area contributed by atoms with Gasteiger partial charge >= 0.3 is 0 Å². The number of hydrogen-bond acceptors (Lipinski definition) is 9. The molecule has 0 atom stereocenters. The third kappa shape index (κ3) is 7.31. The summed E-state index contributed by atoms with van der Waals surface area (Å²) in [5, 5.41) is 15.1. The number of hydrogen-bond donors (Lipinski definition) is 2. The summed E-state index contributed by atoms with van der Waals surface area (Å²) in [5.41, 5.74) is 4.79. The molecule has 1 heterocycles. The number of benzene rings is 5. The van der Waals surface area contributed by atoms with Gasteiger partial charge in [-0.3, -0.25) is 19.6 Å². The van der Waals surface area contributed by atoms with Gasteiger partial charge in [-0.15, -0.1) is 0 Å². The molecule has 2 N–H and O–H groups in total. The number of para-hydroxylation sites is 1. The summed E-state index contributed by atoms with van der Waals surface area (Å²) in [7, 11) is -3.65. The molecule has 5 aromatic carbocycles. The second kappa shape index (κ2) is 14.5. The minimum atomic E-state index is -3.65. The number of carbonyl (C=O) groups excluding carboxylic acids is 1. The number of nitrogens with one attached hydrogen (secondary N) is 2. The molecule has 0 saturated carbocycles. The van der Waals surface area contributed by atoms with E-state index in [1.54, 1.807) is 54.6 Å². The first-order valence-corrected chi connectivity index (χ1v) is 19.1. The topological polar surface area (TPSA) is 153 Å². The van der Waals surface area contributed by atoms with Crippen molar-refractivity contribution in [3.8, 4) is 34.1 Å². The Morgan fingerprint density at radius 2 is 1.45 bits per heavy atom. The van der Waals surface area contributed by atoms with Crippen LogP contribution in [0.5, 0.6) is 11.5 Å². The lowest BCUT2D eigenvalue weighted by Crippen LogP contribution is -2.15. The lowest BCUT2D eigenvalue weighted by Gasteiger charge is -2.25. The van der Waals surface area contributed by atoms with Crippen molar-refractivity contribution in [3.63, 3.8) is 0 Å². The van der Waals surface area contributed by atoms with E-state index < -0.39 is 14.9 Å². The third-order valence-electron chi connectivity index (χ3n) is 9.16. The zero-order chi connectivity index (χ0) is 38.1. The SMILES string of the molecule is CC.CCC(C)(C)c1ccc(Oc2cc(Nc3ccc([N+](=O)[O-])cc3)c3c4c(nc(-c5ccccc5NS(C)(=O)=O)nc24)-c2ccccc2C3=O)cc1. The monoisotopic (exact) mass is 729 g/mol. The largest absolute Gasteiger partial charge is 0.455 e. The van der Waals surface area contributed by atoms with E-state index in [0.717, 1.165) is 18.2 Å². The van der Waals surface area contributed by atoms with Crippen molar-refractivity contribution >= 4 is 49.5 Å². The summed E-state index contributed by atoms with van der Waals surface area (Å²) >= 11 is 0. The Labute approximate surface area is 308 Å². The molecule has 0 bridgehead atoms. The average molecular weight is 730 g/mol. The molecule has 0 aliphatic heterocycles. The van der Waals surface area contributed by atoms with Crippen LogP contribution in [-0.2, 0) is 15.4 Å². The third-order valence-corrected chi connectivity index (χ3v) is 9.75. The highest BCUT2D eigenvalue weighted by Gasteiger charge is 2.32. The van der Waals surface area contributed by atoms with Crippen LogP contribution in [0.3, 0.4) is 0 Å². The van der Waals surface area contributed by atoms with Crippen molar-refractivity contribution in [1.29, 1.82) is 0 Å². The van der Waals surface area contributed by atoms with Gasteiger partial charge in [0.15, 0.2) is 17.4 Å². The van der Waals surface area contributed by atoms with Crippen LogP contribution in [0.2, 0.25) is 0 Å². The number of nitrogens with zero attached hydrogens (tertiary/aromatic N) is 3. The van der Waals surface area contributed by atoms with E-state index >= 15 is 0 Å². The first kappa shape index (κ1) is 36.6. The maximum atomic E-state index is 14.3. The lowest BCUT2D eigenvalue weighted by atomic mass is 9.82. The van der Waals surface area contributed by atoms with Crippen molar-refractivity contribution in [3.05, 3.63) is 130 Å². The second-order valence-corrected chi connectivity index (χ2v) is 14.8. The highest BCUT2D eigenvalue weighted by atomic mass is 32.2. The van der Waals surface area contributed by atoms with E-state index in [1.165, 1.54) is 12.1 Å². The number of ether oxygens (including phenoxy) is 1. The van der Waals surface area contributed by atoms with Gasteiger partial charge in [0.05, 0.1) is 33.8 Å². The summed E-state index contributed by atoms with van der Waals surface area (Å²) in [6.45, 7) is 10.5. The van der Waals surface area contributed by atoms with Crippen molar-refractivity contribution in [1.82, 2.24) is 9.97 Å². The Morgan fingerprint density at radius 3 is 2.08 bits per heavy atom. The number of fused-ring (bicyclic) bond motifs is 2. The number of carbonyl (C=O) groups is 1. The number of sulfonamides is 1. The maximum Gasteiger partial charge on any atom is 0.269 e. The Morgan fingerprint density at radius 1 is 0.830 bits per heavy atom. The first-order valence-electron chi connectivity index (χ1n) is 17.2. The van der Waals surface area contributed by atoms with Gasteiger partial charge in [-0.25, -0.2) is 18.4 Å². The fraction of sp³-hybridized carbons (Fsp3) is 0.195. The van der Waals surface area contributed by atoms with E-state index in [4.69, 9.17) is 14.7 Å². The van der Waals surface area contributed by atoms with Gasteiger partial charge in [-0.1, -0.05) is 83.1 Å². The van der Waals surface area contributed by atoms with Crippen LogP contribution >= 0.6 is 0 Å². The molecule has 0 amide bonds. The molecule has 0 fully saturated rings. The predicted molar refractivity (Wildman–Crippen MR) is 210 cm³/mol. The average Bonchev–Trinajstić information content (AvgIpc) is 3.15. The molecule has 7 rings (SSSR count). The molecule has 6 aromatic rings. The number of nitro groups is 1. The minimum absolute atomic E-state index is 0.0378. The zero-order valence-electron chi connectivity index (χ0n) is 30.2. The molecule has 12 heteroatoms. The highest BCUT2D eigenvalue weighted by Crippen LogP contribution is 2.47. The Bertz CT molecular complexity index is 2480. The van der Waals surface area contributed by atoms with Crippen LogP contribution < -0.4 is 14.8 Å². The summed E-state index contributed by atoms with van der Waals surface area (Å²) in [6, 6.07) is 29.4. The zero-order valence-corrected chi connectivity index (χ0v) is 31.0. The van der Waals surface area contributed by atoms with Gasteiger partial charge in [-0.05, 0) is 53.8 Å². The molecule has 53 heavy (non-hydrogen) atoms. The molecule has 0 saturated heterocycles. The lowest BCUT2D eigenvalue weighted by molar-refractivity contribution is -0.384. The van der Waals surface area contributed by atoms with Crippen molar-refractivity contribution in [2.45, 2.75) is 46.5 Å². The Balaban J connectivity index is 0.00000236. The molecule has 11 nitrogen and oxygen atoms in total. The predicted octanol–water partition coefficient (Wildman–Crippen LogP) is 10.0. The molecule has 1 aromatic heterocycles. The number of anilines is 3. The number of aromatic nitrogens is 2. The fourth-order valence-corrected chi connectivity index (χ4v) is 6.70. The summed E-state index contributed by atoms with van der Waals surface area (Å²) in [4.78, 5) is 35.1. The molecular formula is C41H39N5O6S. The number of non-ortho nitro benzene ring substituents is 1. The van der Waals surface area contributed by atoms with Crippen LogP contribution in [0.4, 0.5) is 22.7 Å². The number of rotatable bonds is 10. The van der Waals surface area contributed by atoms with Crippen LogP contribution in [0.1, 0.15) is 62.5 Å². The normalized spacial score (nSPS) is 12.0. The first-order chi connectivity index (χ1) is 25.3. The van der Waals surface area contributed by atoms with Gasteiger partial charge in [0, 0.05) is 46.0 Å².